The average Bonchev–Trinajstić information content (AvgIpc) is 2.87. The maximum Gasteiger partial charge on any atom is 0.253 e. The Kier molecular flexibility index (Phi) is 5.19. The summed E-state index contributed by atoms with van der Waals surface area (Å²) in [5.41, 5.74) is 0.716. The number of nitrogens with one attached hydrogen (secondary N) is 1. The first kappa shape index (κ1) is 14.3. The zero-order valence-corrected chi connectivity index (χ0v) is 12.3. The highest BCUT2D eigenvalue weighted by Crippen LogP contribution is 2.25. The van der Waals surface area contributed by atoms with Crippen LogP contribution in [0.3, 0.4) is 0 Å². The van der Waals surface area contributed by atoms with Gasteiger partial charge in [-0.2, -0.15) is 0 Å². The summed E-state index contributed by atoms with van der Waals surface area (Å²) in [7, 11) is 1.64. The van der Waals surface area contributed by atoms with E-state index in [1.165, 1.54) is 0 Å². The molecule has 0 fully saturated rings. The molecule has 1 aromatic heterocycles. The van der Waals surface area contributed by atoms with Gasteiger partial charge >= 0.3 is 0 Å². The van der Waals surface area contributed by atoms with E-state index in [4.69, 9.17) is 16.3 Å². The lowest BCUT2D eigenvalue weighted by Gasteiger charge is -2.15. The van der Waals surface area contributed by atoms with Gasteiger partial charge in [-0.05, 0) is 12.5 Å². The molecular weight excluding hydrogens is 282 g/mol. The number of alkyl halides is 1. The molecule has 102 valence electrons. The average molecular weight is 298 g/mol. The standard InChI is InChI=1S/C14H16ClNO2S/c1-18-7-6-10(8-15)16-14(17)12-9-19-13-5-3-2-4-11(12)13/h2-5,9-10H,6-8H2,1H3,(H,16,17). The fraction of sp³-hybridized carbons (Fsp3) is 0.357. The minimum absolute atomic E-state index is 0.0622. The van der Waals surface area contributed by atoms with E-state index in [2.05, 4.69) is 5.32 Å². The lowest BCUT2D eigenvalue weighted by Crippen LogP contribution is -2.36. The molecule has 0 aliphatic rings. The highest BCUT2D eigenvalue weighted by molar-refractivity contribution is 7.17. The Morgan fingerprint density at radius 1 is 1.47 bits per heavy atom. The Morgan fingerprint density at radius 3 is 3.00 bits per heavy atom. The van der Waals surface area contributed by atoms with Gasteiger partial charge < -0.3 is 10.1 Å². The highest BCUT2D eigenvalue weighted by Gasteiger charge is 2.16. The van der Waals surface area contributed by atoms with Crippen molar-refractivity contribution in [1.29, 1.82) is 0 Å². The van der Waals surface area contributed by atoms with E-state index in [9.17, 15) is 4.79 Å². The number of hydrogen-bond acceptors (Lipinski definition) is 3. The third-order valence-electron chi connectivity index (χ3n) is 2.92. The first-order valence-electron chi connectivity index (χ1n) is 6.08. The van der Waals surface area contributed by atoms with Crippen LogP contribution in [0.2, 0.25) is 0 Å². The number of amides is 1. The normalized spacial score (nSPS) is 12.5. The number of fused-ring (bicyclic) bond motifs is 1. The summed E-state index contributed by atoms with van der Waals surface area (Å²) in [5, 5.41) is 5.83. The molecule has 1 amide bonds. The summed E-state index contributed by atoms with van der Waals surface area (Å²) in [6.45, 7) is 0.585. The number of carbonyl (C=O) groups is 1. The first-order valence-corrected chi connectivity index (χ1v) is 7.49. The van der Waals surface area contributed by atoms with Crippen molar-refractivity contribution in [1.82, 2.24) is 5.32 Å². The van der Waals surface area contributed by atoms with Gasteiger partial charge in [0.05, 0.1) is 5.56 Å². The maximum absolute atomic E-state index is 12.2. The smallest absolute Gasteiger partial charge is 0.253 e. The van der Waals surface area contributed by atoms with Crippen molar-refractivity contribution in [2.24, 2.45) is 0 Å². The van der Waals surface area contributed by atoms with E-state index in [1.807, 2.05) is 29.6 Å². The number of rotatable bonds is 6. The molecule has 0 spiro atoms. The Hall–Kier alpha value is -1.10. The quantitative estimate of drug-likeness (QED) is 0.831. The molecule has 0 aliphatic heterocycles. The number of thiophene rings is 1. The topological polar surface area (TPSA) is 38.3 Å². The van der Waals surface area contributed by atoms with Gasteiger partial charge in [0.2, 0.25) is 0 Å². The molecule has 1 atom stereocenters. The molecule has 0 saturated heterocycles. The second-order valence-corrected chi connectivity index (χ2v) is 5.47. The largest absolute Gasteiger partial charge is 0.385 e. The Bertz CT molecular complexity index is 555. The second kappa shape index (κ2) is 6.89. The van der Waals surface area contributed by atoms with Gasteiger partial charge in [0.25, 0.3) is 5.91 Å². The van der Waals surface area contributed by atoms with Crippen molar-refractivity contribution in [2.75, 3.05) is 19.6 Å². The summed E-state index contributed by atoms with van der Waals surface area (Å²) in [4.78, 5) is 12.2. The molecule has 0 aliphatic carbocycles. The Labute approximate surface area is 121 Å². The number of methoxy groups -OCH3 is 1. The van der Waals surface area contributed by atoms with Crippen LogP contribution in [0.5, 0.6) is 0 Å². The Morgan fingerprint density at radius 2 is 2.26 bits per heavy atom. The zero-order valence-electron chi connectivity index (χ0n) is 10.7. The van der Waals surface area contributed by atoms with Gasteiger partial charge in [0.15, 0.2) is 0 Å². The Balaban J connectivity index is 2.10. The molecule has 19 heavy (non-hydrogen) atoms. The SMILES string of the molecule is COCCC(CCl)NC(=O)c1csc2ccccc12. The van der Waals surface area contributed by atoms with E-state index in [0.29, 0.717) is 24.5 Å². The lowest BCUT2D eigenvalue weighted by atomic mass is 10.1. The van der Waals surface area contributed by atoms with Crippen LogP contribution in [0.1, 0.15) is 16.8 Å². The molecule has 0 bridgehead atoms. The highest BCUT2D eigenvalue weighted by atomic mass is 35.5. The minimum atomic E-state index is -0.0702. The lowest BCUT2D eigenvalue weighted by molar-refractivity contribution is 0.0932. The van der Waals surface area contributed by atoms with Gasteiger partial charge in [0.1, 0.15) is 0 Å². The molecule has 3 nitrogen and oxygen atoms in total. The van der Waals surface area contributed by atoms with Crippen molar-refractivity contribution in [3.8, 4) is 0 Å². The predicted molar refractivity (Wildman–Crippen MR) is 80.3 cm³/mol. The number of carbonyl (C=O) groups excluding carboxylic acids is 1. The van der Waals surface area contributed by atoms with E-state index >= 15 is 0 Å². The minimum Gasteiger partial charge on any atom is -0.385 e. The van der Waals surface area contributed by atoms with Crippen molar-refractivity contribution >= 4 is 38.9 Å². The first-order chi connectivity index (χ1) is 9.26. The molecule has 1 N–H and O–H groups in total. The molecule has 1 heterocycles. The number of halogens is 1. The fourth-order valence-corrected chi connectivity index (χ4v) is 3.04. The van der Waals surface area contributed by atoms with Crippen LogP contribution < -0.4 is 5.32 Å². The van der Waals surface area contributed by atoms with Gasteiger partial charge in [-0.15, -0.1) is 22.9 Å². The molecule has 1 aromatic carbocycles. The van der Waals surface area contributed by atoms with E-state index < -0.39 is 0 Å². The summed E-state index contributed by atoms with van der Waals surface area (Å²) in [5.74, 6) is 0.316. The molecule has 0 radical (unpaired) electrons. The summed E-state index contributed by atoms with van der Waals surface area (Å²) in [6, 6.07) is 7.83. The number of hydrogen-bond donors (Lipinski definition) is 1. The van der Waals surface area contributed by atoms with Gasteiger partial charge in [0, 0.05) is 41.1 Å². The monoisotopic (exact) mass is 297 g/mol. The van der Waals surface area contributed by atoms with Crippen molar-refractivity contribution in [3.63, 3.8) is 0 Å². The van der Waals surface area contributed by atoms with Crippen LogP contribution in [0.15, 0.2) is 29.6 Å². The zero-order chi connectivity index (χ0) is 13.7. The predicted octanol–water partition coefficient (Wildman–Crippen LogP) is 3.28. The maximum atomic E-state index is 12.2. The van der Waals surface area contributed by atoms with Crippen molar-refractivity contribution < 1.29 is 9.53 Å². The van der Waals surface area contributed by atoms with Crippen LogP contribution in [0.4, 0.5) is 0 Å². The summed E-state index contributed by atoms with van der Waals surface area (Å²) >= 11 is 7.44. The second-order valence-electron chi connectivity index (χ2n) is 4.25. The van der Waals surface area contributed by atoms with Crippen LogP contribution >= 0.6 is 22.9 Å². The number of ether oxygens (including phenoxy) is 1. The summed E-state index contributed by atoms with van der Waals surface area (Å²) < 4.78 is 6.13. The fourth-order valence-electron chi connectivity index (χ4n) is 1.86. The summed E-state index contributed by atoms with van der Waals surface area (Å²) in [6.07, 6.45) is 0.716. The molecule has 5 heteroatoms. The third-order valence-corrected chi connectivity index (χ3v) is 4.25. The van der Waals surface area contributed by atoms with Crippen molar-refractivity contribution in [3.05, 3.63) is 35.2 Å². The van der Waals surface area contributed by atoms with Crippen LogP contribution in [0.25, 0.3) is 10.1 Å². The van der Waals surface area contributed by atoms with E-state index in [-0.39, 0.29) is 11.9 Å². The van der Waals surface area contributed by atoms with E-state index in [1.54, 1.807) is 18.4 Å². The number of benzene rings is 1. The molecular formula is C14H16ClNO2S. The van der Waals surface area contributed by atoms with Crippen LogP contribution in [-0.4, -0.2) is 31.5 Å². The van der Waals surface area contributed by atoms with Crippen LogP contribution in [-0.2, 0) is 4.74 Å². The molecule has 1 unspecified atom stereocenters. The third kappa shape index (κ3) is 3.47. The van der Waals surface area contributed by atoms with Gasteiger partial charge in [-0.3, -0.25) is 4.79 Å². The van der Waals surface area contributed by atoms with Crippen LogP contribution in [0, 0.1) is 0 Å². The van der Waals surface area contributed by atoms with E-state index in [0.717, 1.165) is 10.1 Å². The molecule has 2 aromatic rings. The molecule has 2 rings (SSSR count). The van der Waals surface area contributed by atoms with Gasteiger partial charge in [-0.1, -0.05) is 18.2 Å². The molecule has 0 saturated carbocycles. The van der Waals surface area contributed by atoms with Gasteiger partial charge in [-0.25, -0.2) is 0 Å². The van der Waals surface area contributed by atoms with Crippen molar-refractivity contribution in [2.45, 2.75) is 12.5 Å².